The number of carbonyl (C=O) groups excluding carboxylic acids is 1. The van der Waals surface area contributed by atoms with Crippen LogP contribution in [-0.4, -0.2) is 19.0 Å². The van der Waals surface area contributed by atoms with Crippen LogP contribution in [-0.2, 0) is 11.2 Å². The van der Waals surface area contributed by atoms with E-state index in [1.165, 1.54) is 31.4 Å². The fourth-order valence-corrected chi connectivity index (χ4v) is 2.81. The summed E-state index contributed by atoms with van der Waals surface area (Å²) in [6.45, 7) is 2.28. The highest BCUT2D eigenvalue weighted by Crippen LogP contribution is 2.30. The van der Waals surface area contributed by atoms with Gasteiger partial charge in [0.25, 0.3) is 0 Å². The Morgan fingerprint density at radius 2 is 2.00 bits per heavy atom. The van der Waals surface area contributed by atoms with Gasteiger partial charge in [0, 0.05) is 18.8 Å². The summed E-state index contributed by atoms with van der Waals surface area (Å²) in [4.78, 5) is 11.3. The van der Waals surface area contributed by atoms with Gasteiger partial charge in [-0.25, -0.2) is 0 Å². The predicted molar refractivity (Wildman–Crippen MR) is 79.3 cm³/mol. The Kier molecular flexibility index (Phi) is 4.83. The second-order valence-electron chi connectivity index (χ2n) is 5.48. The van der Waals surface area contributed by atoms with E-state index in [9.17, 15) is 4.79 Å². The van der Waals surface area contributed by atoms with Gasteiger partial charge in [-0.3, -0.25) is 4.79 Å². The van der Waals surface area contributed by atoms with Crippen molar-refractivity contribution in [3.63, 3.8) is 0 Å². The quantitative estimate of drug-likeness (QED) is 0.854. The van der Waals surface area contributed by atoms with Crippen LogP contribution in [0, 0.1) is 5.92 Å². The molecule has 1 aromatic rings. The highest BCUT2D eigenvalue weighted by Gasteiger charge is 2.22. The van der Waals surface area contributed by atoms with Crippen molar-refractivity contribution in [2.24, 2.45) is 5.92 Å². The number of likely N-dealkylation sites (N-methyl/N-ethyl adjacent to an activating group) is 1. The third kappa shape index (κ3) is 3.98. The van der Waals surface area contributed by atoms with Crippen molar-refractivity contribution >= 4 is 11.6 Å². The largest absolute Gasteiger partial charge is 0.382 e. The molecule has 1 aromatic carbocycles. The molecule has 0 aromatic heterocycles. The van der Waals surface area contributed by atoms with Gasteiger partial charge in [-0.15, -0.1) is 0 Å². The van der Waals surface area contributed by atoms with E-state index in [4.69, 9.17) is 0 Å². The van der Waals surface area contributed by atoms with Gasteiger partial charge in [-0.1, -0.05) is 25.5 Å². The van der Waals surface area contributed by atoms with Crippen LogP contribution in [0.25, 0.3) is 0 Å². The average molecular weight is 260 g/mol. The summed E-state index contributed by atoms with van der Waals surface area (Å²) in [5, 5.41) is 6.24. The van der Waals surface area contributed by atoms with E-state index in [1.54, 1.807) is 7.05 Å². The number of hydrogen-bond donors (Lipinski definition) is 2. The average Bonchev–Trinajstić information content (AvgIpc) is 2.88. The van der Waals surface area contributed by atoms with Crippen LogP contribution in [0.15, 0.2) is 24.3 Å². The maximum atomic E-state index is 11.3. The van der Waals surface area contributed by atoms with Crippen LogP contribution in [0.1, 0.15) is 38.2 Å². The summed E-state index contributed by atoms with van der Waals surface area (Å²) < 4.78 is 0. The van der Waals surface area contributed by atoms with Crippen molar-refractivity contribution in [3.05, 3.63) is 29.8 Å². The molecule has 1 aliphatic carbocycles. The Hall–Kier alpha value is -1.51. The zero-order valence-electron chi connectivity index (χ0n) is 11.9. The molecule has 2 rings (SSSR count). The fourth-order valence-electron chi connectivity index (χ4n) is 2.81. The summed E-state index contributed by atoms with van der Waals surface area (Å²) in [6, 6.07) is 8.85. The van der Waals surface area contributed by atoms with Crippen molar-refractivity contribution in [1.29, 1.82) is 0 Å². The maximum Gasteiger partial charge on any atom is 0.224 e. The van der Waals surface area contributed by atoms with Crippen LogP contribution in [0.4, 0.5) is 5.69 Å². The molecule has 1 saturated carbocycles. The summed E-state index contributed by atoms with van der Waals surface area (Å²) in [7, 11) is 1.67. The zero-order valence-corrected chi connectivity index (χ0v) is 11.9. The van der Waals surface area contributed by atoms with Crippen molar-refractivity contribution in [2.45, 2.75) is 45.1 Å². The first kappa shape index (κ1) is 13.9. The topological polar surface area (TPSA) is 41.1 Å². The van der Waals surface area contributed by atoms with E-state index in [0.29, 0.717) is 12.5 Å². The van der Waals surface area contributed by atoms with E-state index in [0.717, 1.165) is 11.5 Å². The molecule has 0 radical (unpaired) electrons. The van der Waals surface area contributed by atoms with E-state index in [-0.39, 0.29) is 5.91 Å². The lowest BCUT2D eigenvalue weighted by Crippen LogP contribution is -2.20. The van der Waals surface area contributed by atoms with Gasteiger partial charge in [0.15, 0.2) is 0 Å². The first-order valence-corrected chi connectivity index (χ1v) is 7.27. The van der Waals surface area contributed by atoms with Crippen molar-refractivity contribution < 1.29 is 4.79 Å². The molecule has 1 aliphatic rings. The molecule has 1 amide bonds. The minimum absolute atomic E-state index is 0.0577. The van der Waals surface area contributed by atoms with Gasteiger partial charge >= 0.3 is 0 Å². The van der Waals surface area contributed by atoms with Gasteiger partial charge in [0.1, 0.15) is 0 Å². The summed E-state index contributed by atoms with van der Waals surface area (Å²) >= 11 is 0. The van der Waals surface area contributed by atoms with E-state index in [2.05, 4.69) is 29.7 Å². The summed E-state index contributed by atoms with van der Waals surface area (Å²) in [5.41, 5.74) is 2.23. The molecule has 3 nitrogen and oxygen atoms in total. The smallest absolute Gasteiger partial charge is 0.224 e. The van der Waals surface area contributed by atoms with Crippen LogP contribution in [0.5, 0.6) is 0 Å². The fraction of sp³-hybridized carbons (Fsp3) is 0.562. The number of nitrogens with one attached hydrogen (secondary N) is 2. The third-order valence-electron chi connectivity index (χ3n) is 4.09. The number of hydrogen-bond acceptors (Lipinski definition) is 2. The Morgan fingerprint density at radius 1 is 1.26 bits per heavy atom. The highest BCUT2D eigenvalue weighted by molar-refractivity contribution is 5.78. The molecule has 0 bridgehead atoms. The zero-order chi connectivity index (χ0) is 13.7. The molecule has 2 atom stereocenters. The van der Waals surface area contributed by atoms with Crippen molar-refractivity contribution in [1.82, 2.24) is 5.32 Å². The molecular formula is C16H24N2O. The molecule has 19 heavy (non-hydrogen) atoms. The normalized spacial score (nSPS) is 22.2. The second-order valence-corrected chi connectivity index (χ2v) is 5.48. The first-order valence-electron chi connectivity index (χ1n) is 7.27. The van der Waals surface area contributed by atoms with Crippen molar-refractivity contribution in [2.75, 3.05) is 12.4 Å². The van der Waals surface area contributed by atoms with Gasteiger partial charge in [-0.2, -0.15) is 0 Å². The van der Waals surface area contributed by atoms with Crippen molar-refractivity contribution in [3.8, 4) is 0 Å². The SMILES string of the molecule is CCC1CCC(Nc2ccc(CC(=O)NC)cc2)C1. The lowest BCUT2D eigenvalue weighted by molar-refractivity contribution is -0.119. The summed E-state index contributed by atoms with van der Waals surface area (Å²) in [5.74, 6) is 0.951. The number of rotatable bonds is 5. The molecule has 1 fully saturated rings. The lowest BCUT2D eigenvalue weighted by atomic mass is 10.1. The molecule has 2 N–H and O–H groups in total. The predicted octanol–water partition coefficient (Wildman–Crippen LogP) is 2.97. The van der Waals surface area contributed by atoms with E-state index >= 15 is 0 Å². The number of benzene rings is 1. The van der Waals surface area contributed by atoms with E-state index in [1.807, 2.05) is 12.1 Å². The minimum Gasteiger partial charge on any atom is -0.382 e. The minimum atomic E-state index is 0.0577. The van der Waals surface area contributed by atoms with Crippen LogP contribution < -0.4 is 10.6 Å². The molecule has 2 unspecified atom stereocenters. The Bertz CT molecular complexity index is 413. The summed E-state index contributed by atoms with van der Waals surface area (Å²) in [6.07, 6.45) is 5.67. The van der Waals surface area contributed by atoms with Gasteiger partial charge < -0.3 is 10.6 Å². The molecule has 0 heterocycles. The van der Waals surface area contributed by atoms with Gasteiger partial charge in [0.05, 0.1) is 6.42 Å². The standard InChI is InChI=1S/C16H24N2O/c1-3-12-4-9-15(10-12)18-14-7-5-13(6-8-14)11-16(19)17-2/h5-8,12,15,18H,3-4,9-11H2,1-2H3,(H,17,19). The highest BCUT2D eigenvalue weighted by atomic mass is 16.1. The number of amides is 1. The Balaban J connectivity index is 1.87. The van der Waals surface area contributed by atoms with Crippen LogP contribution in [0.2, 0.25) is 0 Å². The third-order valence-corrected chi connectivity index (χ3v) is 4.09. The number of carbonyl (C=O) groups is 1. The lowest BCUT2D eigenvalue weighted by Gasteiger charge is -2.14. The van der Waals surface area contributed by atoms with Crippen LogP contribution >= 0.6 is 0 Å². The van der Waals surface area contributed by atoms with Gasteiger partial charge in [0.2, 0.25) is 5.91 Å². The molecule has 104 valence electrons. The molecule has 0 spiro atoms. The number of anilines is 1. The maximum absolute atomic E-state index is 11.3. The molecule has 3 heteroatoms. The molecule has 0 saturated heterocycles. The van der Waals surface area contributed by atoms with E-state index < -0.39 is 0 Å². The monoisotopic (exact) mass is 260 g/mol. The van der Waals surface area contributed by atoms with Crippen LogP contribution in [0.3, 0.4) is 0 Å². The Morgan fingerprint density at radius 3 is 2.58 bits per heavy atom. The van der Waals surface area contributed by atoms with Gasteiger partial charge in [-0.05, 0) is 42.9 Å². The second kappa shape index (κ2) is 6.60. The molecule has 0 aliphatic heterocycles. The molecular weight excluding hydrogens is 236 g/mol. The Labute approximate surface area is 115 Å². The first-order chi connectivity index (χ1) is 9.21.